The van der Waals surface area contributed by atoms with Gasteiger partial charge in [-0.25, -0.2) is 0 Å². The van der Waals surface area contributed by atoms with E-state index in [1.807, 2.05) is 6.92 Å². The Morgan fingerprint density at radius 3 is 2.29 bits per heavy atom. The van der Waals surface area contributed by atoms with Gasteiger partial charge in [-0.1, -0.05) is 32.6 Å². The van der Waals surface area contributed by atoms with E-state index >= 15 is 0 Å². The quantitative estimate of drug-likeness (QED) is 0.580. The van der Waals surface area contributed by atoms with Gasteiger partial charge in [-0.15, -0.1) is 0 Å². The predicted octanol–water partition coefficient (Wildman–Crippen LogP) is 2.66. The highest BCUT2D eigenvalue weighted by Gasteiger charge is 2.00. The first-order chi connectivity index (χ1) is 6.66. The Bertz CT molecular complexity index is 115. The maximum absolute atomic E-state index is 9.12. The van der Waals surface area contributed by atoms with Crippen molar-refractivity contribution in [1.29, 1.82) is 0 Å². The van der Waals surface area contributed by atoms with E-state index in [-0.39, 0.29) is 6.10 Å². The van der Waals surface area contributed by atoms with Crippen molar-refractivity contribution in [3.63, 3.8) is 0 Å². The molecule has 2 heteroatoms. The first-order valence-electron chi connectivity index (χ1n) is 6.03. The van der Waals surface area contributed by atoms with E-state index in [1.165, 1.54) is 38.6 Å². The Hall–Kier alpha value is -0.0800. The van der Waals surface area contributed by atoms with Crippen LogP contribution in [0.2, 0.25) is 0 Å². The van der Waals surface area contributed by atoms with Gasteiger partial charge in [0, 0.05) is 6.54 Å². The summed E-state index contributed by atoms with van der Waals surface area (Å²) in [5, 5.41) is 9.12. The fraction of sp³-hybridized carbons (Fsp3) is 1.00. The number of hydrogen-bond acceptors (Lipinski definition) is 2. The molecule has 0 radical (unpaired) electrons. The van der Waals surface area contributed by atoms with Crippen molar-refractivity contribution in [3.8, 4) is 0 Å². The lowest BCUT2D eigenvalue weighted by Gasteiger charge is -2.17. The summed E-state index contributed by atoms with van der Waals surface area (Å²) in [6.07, 6.45) is 7.46. The molecule has 0 saturated heterocycles. The van der Waals surface area contributed by atoms with Crippen molar-refractivity contribution < 1.29 is 5.11 Å². The maximum Gasteiger partial charge on any atom is 0.0524 e. The van der Waals surface area contributed by atoms with Crippen LogP contribution < -0.4 is 0 Å². The third-order valence-electron chi connectivity index (χ3n) is 2.57. The number of nitrogens with zero attached hydrogens (tertiary/aromatic N) is 1. The van der Waals surface area contributed by atoms with Crippen molar-refractivity contribution in [1.82, 2.24) is 4.90 Å². The molecule has 0 aliphatic heterocycles. The highest BCUT2D eigenvalue weighted by Crippen LogP contribution is 2.03. The van der Waals surface area contributed by atoms with Crippen molar-refractivity contribution in [2.75, 3.05) is 20.1 Å². The molecule has 14 heavy (non-hydrogen) atoms. The largest absolute Gasteiger partial charge is 0.393 e. The van der Waals surface area contributed by atoms with Crippen LogP contribution in [0.4, 0.5) is 0 Å². The lowest BCUT2D eigenvalue weighted by molar-refractivity contribution is 0.164. The molecule has 1 N–H and O–H groups in total. The molecule has 0 heterocycles. The molecule has 0 aromatic carbocycles. The molecule has 0 aliphatic rings. The van der Waals surface area contributed by atoms with Gasteiger partial charge in [0.1, 0.15) is 0 Å². The van der Waals surface area contributed by atoms with E-state index in [4.69, 9.17) is 5.11 Å². The van der Waals surface area contributed by atoms with Gasteiger partial charge in [-0.2, -0.15) is 0 Å². The second kappa shape index (κ2) is 9.47. The topological polar surface area (TPSA) is 23.5 Å². The van der Waals surface area contributed by atoms with Crippen LogP contribution in [-0.4, -0.2) is 36.2 Å². The van der Waals surface area contributed by atoms with E-state index in [2.05, 4.69) is 18.9 Å². The van der Waals surface area contributed by atoms with Crippen LogP contribution in [0.25, 0.3) is 0 Å². The summed E-state index contributed by atoms with van der Waals surface area (Å²) in [5.74, 6) is 0. The van der Waals surface area contributed by atoms with E-state index in [9.17, 15) is 0 Å². The van der Waals surface area contributed by atoms with Gasteiger partial charge < -0.3 is 10.0 Å². The zero-order valence-corrected chi connectivity index (χ0v) is 10.1. The molecule has 0 aromatic heterocycles. The van der Waals surface area contributed by atoms with Crippen molar-refractivity contribution in [3.05, 3.63) is 0 Å². The van der Waals surface area contributed by atoms with E-state index in [0.29, 0.717) is 0 Å². The van der Waals surface area contributed by atoms with Crippen molar-refractivity contribution in [2.45, 2.75) is 58.5 Å². The van der Waals surface area contributed by atoms with Crippen LogP contribution in [0.3, 0.4) is 0 Å². The van der Waals surface area contributed by atoms with Gasteiger partial charge in [0.25, 0.3) is 0 Å². The number of aliphatic hydroxyl groups excluding tert-OH is 1. The Kier molecular flexibility index (Phi) is 9.42. The first kappa shape index (κ1) is 13.9. The Labute approximate surface area is 89.3 Å². The molecule has 0 rings (SSSR count). The predicted molar refractivity (Wildman–Crippen MR) is 62.6 cm³/mol. The Balaban J connectivity index is 3.14. The van der Waals surface area contributed by atoms with Gasteiger partial charge in [0.05, 0.1) is 6.10 Å². The van der Waals surface area contributed by atoms with Crippen molar-refractivity contribution >= 4 is 0 Å². The lowest BCUT2D eigenvalue weighted by atomic mass is 10.1. The standard InChI is InChI=1S/C12H27NO/c1-4-5-6-7-8-10-13(3)11-9-12(2)14/h12,14H,4-11H2,1-3H3. The molecule has 0 spiro atoms. The number of unbranched alkanes of at least 4 members (excludes halogenated alkanes) is 4. The second-order valence-electron chi connectivity index (χ2n) is 4.36. The smallest absolute Gasteiger partial charge is 0.0524 e. The van der Waals surface area contributed by atoms with Gasteiger partial charge in [-0.05, 0) is 33.4 Å². The fourth-order valence-corrected chi connectivity index (χ4v) is 1.50. The highest BCUT2D eigenvalue weighted by molar-refractivity contribution is 4.55. The minimum absolute atomic E-state index is 0.155. The summed E-state index contributed by atoms with van der Waals surface area (Å²) in [5.41, 5.74) is 0. The first-order valence-corrected chi connectivity index (χ1v) is 6.03. The maximum atomic E-state index is 9.12. The molecule has 1 atom stereocenters. The zero-order chi connectivity index (χ0) is 10.8. The van der Waals surface area contributed by atoms with Crippen molar-refractivity contribution in [2.24, 2.45) is 0 Å². The minimum Gasteiger partial charge on any atom is -0.393 e. The van der Waals surface area contributed by atoms with Gasteiger partial charge in [-0.3, -0.25) is 0 Å². The van der Waals surface area contributed by atoms with E-state index in [1.54, 1.807) is 0 Å². The summed E-state index contributed by atoms with van der Waals surface area (Å²) >= 11 is 0. The molecule has 0 fully saturated rings. The molecule has 0 amide bonds. The zero-order valence-electron chi connectivity index (χ0n) is 10.1. The summed E-state index contributed by atoms with van der Waals surface area (Å²) in [6, 6.07) is 0. The molecule has 1 unspecified atom stereocenters. The van der Waals surface area contributed by atoms with Gasteiger partial charge >= 0.3 is 0 Å². The average molecular weight is 201 g/mol. The van der Waals surface area contributed by atoms with Crippen LogP contribution >= 0.6 is 0 Å². The minimum atomic E-state index is -0.155. The third kappa shape index (κ3) is 10.0. The molecule has 86 valence electrons. The second-order valence-corrected chi connectivity index (χ2v) is 4.36. The van der Waals surface area contributed by atoms with Crippen LogP contribution in [0.15, 0.2) is 0 Å². The van der Waals surface area contributed by atoms with E-state index in [0.717, 1.165) is 13.0 Å². The summed E-state index contributed by atoms with van der Waals surface area (Å²) in [7, 11) is 2.14. The lowest BCUT2D eigenvalue weighted by Crippen LogP contribution is -2.23. The highest BCUT2D eigenvalue weighted by atomic mass is 16.3. The van der Waals surface area contributed by atoms with Crippen LogP contribution in [-0.2, 0) is 0 Å². The molecule has 0 saturated carbocycles. The number of rotatable bonds is 9. The van der Waals surface area contributed by atoms with E-state index < -0.39 is 0 Å². The SMILES string of the molecule is CCCCCCCN(C)CCC(C)O. The monoisotopic (exact) mass is 201 g/mol. The molecule has 0 bridgehead atoms. The summed E-state index contributed by atoms with van der Waals surface area (Å²) in [6.45, 7) is 6.30. The third-order valence-corrected chi connectivity index (χ3v) is 2.57. The van der Waals surface area contributed by atoms with Crippen LogP contribution in [0, 0.1) is 0 Å². The summed E-state index contributed by atoms with van der Waals surface area (Å²) < 4.78 is 0. The Morgan fingerprint density at radius 2 is 1.71 bits per heavy atom. The Morgan fingerprint density at radius 1 is 1.07 bits per heavy atom. The molecular formula is C12H27NO. The molecule has 0 aromatic rings. The van der Waals surface area contributed by atoms with Crippen LogP contribution in [0.1, 0.15) is 52.4 Å². The van der Waals surface area contributed by atoms with Crippen LogP contribution in [0.5, 0.6) is 0 Å². The summed E-state index contributed by atoms with van der Waals surface area (Å²) in [4.78, 5) is 2.32. The average Bonchev–Trinajstić information content (AvgIpc) is 2.14. The normalized spacial score (nSPS) is 13.5. The molecular weight excluding hydrogens is 174 g/mol. The van der Waals surface area contributed by atoms with Gasteiger partial charge in [0.15, 0.2) is 0 Å². The number of aliphatic hydroxyl groups is 1. The number of hydrogen-bond donors (Lipinski definition) is 1. The molecule has 0 aliphatic carbocycles. The fourth-order valence-electron chi connectivity index (χ4n) is 1.50. The van der Waals surface area contributed by atoms with Gasteiger partial charge in [0.2, 0.25) is 0 Å². The molecule has 2 nitrogen and oxygen atoms in total.